The number of hydrogen-bond donors (Lipinski definition) is 0. The first-order valence-corrected chi connectivity index (χ1v) is 10.7. The maximum absolute atomic E-state index is 13.4. The maximum Gasteiger partial charge on any atom is 0.416 e. The van der Waals surface area contributed by atoms with E-state index in [0.717, 1.165) is 11.1 Å². The molecule has 0 N–H and O–H groups in total. The van der Waals surface area contributed by atoms with Crippen LogP contribution in [-0.2, 0) is 27.3 Å². The largest absolute Gasteiger partial charge is 0.447 e. The minimum absolute atomic E-state index is 0.0334. The molecule has 31 heavy (non-hydrogen) atoms. The molecule has 1 saturated heterocycles. The molecule has 0 aliphatic carbocycles. The summed E-state index contributed by atoms with van der Waals surface area (Å²) in [4.78, 5) is 41.6. The molecule has 1 heterocycles. The topological polar surface area (TPSA) is 66.9 Å². The Kier molecular flexibility index (Phi) is 7.45. The molecule has 0 spiro atoms. The van der Waals surface area contributed by atoms with Gasteiger partial charge in [0.05, 0.1) is 12.0 Å². The number of benzene rings is 2. The van der Waals surface area contributed by atoms with Crippen LogP contribution in [0.1, 0.15) is 31.4 Å². The number of carbonyl (C=O) groups excluding carboxylic acids is 3. The van der Waals surface area contributed by atoms with Crippen molar-refractivity contribution in [3.05, 3.63) is 71.8 Å². The monoisotopic (exact) mass is 422 g/mol. The van der Waals surface area contributed by atoms with E-state index in [4.69, 9.17) is 4.74 Å². The zero-order valence-corrected chi connectivity index (χ0v) is 18.4. The van der Waals surface area contributed by atoms with Crippen molar-refractivity contribution in [2.75, 3.05) is 13.7 Å². The van der Waals surface area contributed by atoms with Crippen LogP contribution in [0, 0.1) is 11.8 Å². The third-order valence-electron chi connectivity index (χ3n) is 5.70. The van der Waals surface area contributed by atoms with E-state index in [0.29, 0.717) is 13.0 Å². The van der Waals surface area contributed by atoms with E-state index in [2.05, 4.69) is 0 Å². The molecule has 3 amide bonds. The van der Waals surface area contributed by atoms with Crippen LogP contribution in [0.4, 0.5) is 4.79 Å². The molecule has 1 aliphatic rings. The minimum Gasteiger partial charge on any atom is -0.447 e. The SMILES string of the molecule is CC(C)C1COC(=O)N1C(=O)[C@@H](CC(=O)N(C)Cc1ccccc1)Cc1ccccc1. The molecule has 6 nitrogen and oxygen atoms in total. The highest BCUT2D eigenvalue weighted by atomic mass is 16.6. The standard InChI is InChI=1S/C25H30N2O4/c1-18(2)22-17-31-25(30)27(22)24(29)21(14-19-10-6-4-7-11-19)15-23(28)26(3)16-20-12-8-5-9-13-20/h4-13,18,21-22H,14-17H2,1-3H3/t21-,22?/m1/s1. The van der Waals surface area contributed by atoms with Crippen molar-refractivity contribution in [2.24, 2.45) is 11.8 Å². The summed E-state index contributed by atoms with van der Waals surface area (Å²) in [6, 6.07) is 19.0. The normalized spacial score (nSPS) is 16.8. The van der Waals surface area contributed by atoms with Gasteiger partial charge in [-0.3, -0.25) is 9.59 Å². The van der Waals surface area contributed by atoms with Crippen LogP contribution in [0.2, 0.25) is 0 Å². The zero-order valence-electron chi connectivity index (χ0n) is 18.4. The summed E-state index contributed by atoms with van der Waals surface area (Å²) in [6.07, 6.45) is -0.197. The summed E-state index contributed by atoms with van der Waals surface area (Å²) < 4.78 is 5.16. The first-order valence-electron chi connectivity index (χ1n) is 10.7. The fraction of sp³-hybridized carbons (Fsp3) is 0.400. The predicted molar refractivity (Wildman–Crippen MR) is 118 cm³/mol. The highest BCUT2D eigenvalue weighted by molar-refractivity contribution is 5.96. The molecule has 164 valence electrons. The van der Waals surface area contributed by atoms with Gasteiger partial charge >= 0.3 is 6.09 Å². The number of carbonyl (C=O) groups is 3. The molecule has 1 unspecified atom stereocenters. The zero-order chi connectivity index (χ0) is 22.4. The molecule has 1 fully saturated rings. The van der Waals surface area contributed by atoms with Crippen molar-refractivity contribution < 1.29 is 19.1 Å². The molecule has 0 bridgehead atoms. The number of nitrogens with zero attached hydrogens (tertiary/aromatic N) is 2. The molecular weight excluding hydrogens is 392 g/mol. The van der Waals surface area contributed by atoms with E-state index in [9.17, 15) is 14.4 Å². The van der Waals surface area contributed by atoms with Crippen molar-refractivity contribution >= 4 is 17.9 Å². The van der Waals surface area contributed by atoms with E-state index < -0.39 is 12.0 Å². The Labute approximate surface area is 183 Å². The van der Waals surface area contributed by atoms with E-state index >= 15 is 0 Å². The summed E-state index contributed by atoms with van der Waals surface area (Å²) in [7, 11) is 1.74. The van der Waals surface area contributed by atoms with Gasteiger partial charge in [0, 0.05) is 20.0 Å². The summed E-state index contributed by atoms with van der Waals surface area (Å²) >= 11 is 0. The fourth-order valence-electron chi connectivity index (χ4n) is 3.83. The number of hydrogen-bond acceptors (Lipinski definition) is 4. The summed E-state index contributed by atoms with van der Waals surface area (Å²) in [5.74, 6) is -1.04. The van der Waals surface area contributed by atoms with Crippen LogP contribution in [0.15, 0.2) is 60.7 Å². The first kappa shape index (κ1) is 22.5. The molecule has 0 saturated carbocycles. The van der Waals surface area contributed by atoms with Crippen molar-refractivity contribution in [1.82, 2.24) is 9.80 Å². The van der Waals surface area contributed by atoms with Crippen molar-refractivity contribution in [3.8, 4) is 0 Å². The van der Waals surface area contributed by atoms with Gasteiger partial charge < -0.3 is 9.64 Å². The smallest absolute Gasteiger partial charge is 0.416 e. The van der Waals surface area contributed by atoms with E-state index in [-0.39, 0.29) is 36.8 Å². The Morgan fingerprint density at radius 2 is 1.61 bits per heavy atom. The lowest BCUT2D eigenvalue weighted by Gasteiger charge is -2.28. The lowest BCUT2D eigenvalue weighted by molar-refractivity contribution is -0.140. The van der Waals surface area contributed by atoms with Gasteiger partial charge in [0.1, 0.15) is 6.61 Å². The molecular formula is C25H30N2O4. The number of rotatable bonds is 8. The van der Waals surface area contributed by atoms with Crippen LogP contribution < -0.4 is 0 Å². The fourth-order valence-corrected chi connectivity index (χ4v) is 3.83. The molecule has 2 aromatic rings. The Hall–Kier alpha value is -3.15. The van der Waals surface area contributed by atoms with Gasteiger partial charge in [-0.2, -0.15) is 0 Å². The second kappa shape index (κ2) is 10.2. The highest BCUT2D eigenvalue weighted by Gasteiger charge is 2.42. The van der Waals surface area contributed by atoms with Gasteiger partial charge in [0.25, 0.3) is 0 Å². The van der Waals surface area contributed by atoms with Crippen LogP contribution in [-0.4, -0.2) is 47.4 Å². The number of imide groups is 1. The Morgan fingerprint density at radius 1 is 1.03 bits per heavy atom. The second-order valence-electron chi connectivity index (χ2n) is 8.42. The third kappa shape index (κ3) is 5.72. The van der Waals surface area contributed by atoms with Gasteiger partial charge in [-0.15, -0.1) is 0 Å². The van der Waals surface area contributed by atoms with Crippen molar-refractivity contribution in [3.63, 3.8) is 0 Å². The molecule has 2 atom stereocenters. The van der Waals surface area contributed by atoms with Gasteiger partial charge in [0.2, 0.25) is 11.8 Å². The Bertz CT molecular complexity index is 898. The summed E-state index contributed by atoms with van der Waals surface area (Å²) in [5.41, 5.74) is 1.97. The van der Waals surface area contributed by atoms with Crippen LogP contribution in [0.5, 0.6) is 0 Å². The van der Waals surface area contributed by atoms with Gasteiger partial charge in [0.15, 0.2) is 0 Å². The average Bonchev–Trinajstić information content (AvgIpc) is 3.15. The van der Waals surface area contributed by atoms with Gasteiger partial charge in [-0.25, -0.2) is 9.69 Å². The van der Waals surface area contributed by atoms with Crippen molar-refractivity contribution in [2.45, 2.75) is 39.3 Å². The maximum atomic E-state index is 13.4. The number of cyclic esters (lactones) is 1. The lowest BCUT2D eigenvalue weighted by atomic mass is 9.92. The quantitative estimate of drug-likeness (QED) is 0.647. The molecule has 0 aromatic heterocycles. The third-order valence-corrected chi connectivity index (χ3v) is 5.70. The summed E-state index contributed by atoms with van der Waals surface area (Å²) in [5, 5.41) is 0. The Balaban J connectivity index is 1.78. The lowest BCUT2D eigenvalue weighted by Crippen LogP contribution is -2.46. The van der Waals surface area contributed by atoms with Crippen LogP contribution in [0.25, 0.3) is 0 Å². The highest BCUT2D eigenvalue weighted by Crippen LogP contribution is 2.25. The molecule has 3 rings (SSSR count). The molecule has 1 aliphatic heterocycles. The Morgan fingerprint density at radius 3 is 2.19 bits per heavy atom. The van der Waals surface area contributed by atoms with Crippen molar-refractivity contribution in [1.29, 1.82) is 0 Å². The number of ether oxygens (including phenoxy) is 1. The summed E-state index contributed by atoms with van der Waals surface area (Å²) in [6.45, 7) is 4.57. The molecule has 0 radical (unpaired) electrons. The van der Waals surface area contributed by atoms with Gasteiger partial charge in [-0.05, 0) is 23.5 Å². The first-order chi connectivity index (χ1) is 14.9. The van der Waals surface area contributed by atoms with E-state index in [1.54, 1.807) is 11.9 Å². The average molecular weight is 423 g/mol. The van der Waals surface area contributed by atoms with E-state index in [1.165, 1.54) is 4.90 Å². The molecule has 6 heteroatoms. The van der Waals surface area contributed by atoms with Crippen LogP contribution in [0.3, 0.4) is 0 Å². The van der Waals surface area contributed by atoms with Gasteiger partial charge in [-0.1, -0.05) is 74.5 Å². The molecule has 2 aromatic carbocycles. The second-order valence-corrected chi connectivity index (χ2v) is 8.42. The van der Waals surface area contributed by atoms with E-state index in [1.807, 2.05) is 74.5 Å². The van der Waals surface area contributed by atoms with Crippen LogP contribution >= 0.6 is 0 Å². The minimum atomic E-state index is -0.639. The predicted octanol–water partition coefficient (Wildman–Crippen LogP) is 3.90. The number of amides is 3.